The van der Waals surface area contributed by atoms with E-state index in [0.29, 0.717) is 22.3 Å². The lowest BCUT2D eigenvalue weighted by Gasteiger charge is -2.16. The number of ketones is 3. The molecule has 0 amide bonds. The highest BCUT2D eigenvalue weighted by atomic mass is 16.3. The summed E-state index contributed by atoms with van der Waals surface area (Å²) in [7, 11) is 0. The zero-order valence-electron chi connectivity index (χ0n) is 15.1. The van der Waals surface area contributed by atoms with Crippen molar-refractivity contribution in [1.29, 1.82) is 0 Å². The van der Waals surface area contributed by atoms with Gasteiger partial charge in [0.05, 0.1) is 0 Å². The van der Waals surface area contributed by atoms with E-state index in [1.54, 1.807) is 24.3 Å². The van der Waals surface area contributed by atoms with Gasteiger partial charge in [0, 0.05) is 22.3 Å². The van der Waals surface area contributed by atoms with E-state index in [0.717, 1.165) is 0 Å². The molecule has 26 heavy (non-hydrogen) atoms. The maximum atomic E-state index is 12.8. The summed E-state index contributed by atoms with van der Waals surface area (Å²) in [5, 5.41) is 19.8. The SMILES string of the molecule is CC(C)(O)C(=O)c1ccc2c(c1)C(=O)c1cc(C(=O)C(C)(C)O)ccc1-2. The molecule has 1 aliphatic rings. The van der Waals surface area contributed by atoms with E-state index in [1.165, 1.54) is 39.8 Å². The molecule has 2 aromatic carbocycles. The van der Waals surface area contributed by atoms with Crippen molar-refractivity contribution in [3.8, 4) is 11.1 Å². The Bertz CT molecular complexity index is 878. The molecular weight excluding hydrogens is 332 g/mol. The molecule has 3 rings (SSSR count). The molecule has 0 spiro atoms. The monoisotopic (exact) mass is 352 g/mol. The summed E-state index contributed by atoms with van der Waals surface area (Å²) in [5.41, 5.74) is -0.468. The number of carbonyl (C=O) groups is 3. The van der Waals surface area contributed by atoms with Crippen molar-refractivity contribution in [3.63, 3.8) is 0 Å². The van der Waals surface area contributed by atoms with Gasteiger partial charge < -0.3 is 10.2 Å². The number of hydrogen-bond acceptors (Lipinski definition) is 5. The molecule has 2 N–H and O–H groups in total. The first-order valence-electron chi connectivity index (χ1n) is 8.29. The molecule has 1 aliphatic carbocycles. The number of benzene rings is 2. The summed E-state index contributed by atoms with van der Waals surface area (Å²) in [6.07, 6.45) is 0. The second kappa shape index (κ2) is 5.69. The average molecular weight is 352 g/mol. The summed E-state index contributed by atoms with van der Waals surface area (Å²) < 4.78 is 0. The van der Waals surface area contributed by atoms with E-state index in [9.17, 15) is 24.6 Å². The molecule has 0 saturated carbocycles. The van der Waals surface area contributed by atoms with Gasteiger partial charge in [-0.05, 0) is 51.0 Å². The van der Waals surface area contributed by atoms with Crippen LogP contribution in [-0.2, 0) is 0 Å². The van der Waals surface area contributed by atoms with Crippen molar-refractivity contribution in [2.75, 3.05) is 0 Å². The quantitative estimate of drug-likeness (QED) is 0.705. The number of rotatable bonds is 4. The molecule has 5 heteroatoms. The maximum Gasteiger partial charge on any atom is 0.194 e. The van der Waals surface area contributed by atoms with E-state index in [1.807, 2.05) is 0 Å². The molecule has 0 atom stereocenters. The van der Waals surface area contributed by atoms with Gasteiger partial charge in [0.2, 0.25) is 0 Å². The first-order valence-corrected chi connectivity index (χ1v) is 8.29. The predicted octanol–water partition coefficient (Wildman–Crippen LogP) is 2.81. The fourth-order valence-electron chi connectivity index (χ4n) is 3.07. The summed E-state index contributed by atoms with van der Waals surface area (Å²) in [4.78, 5) is 37.3. The fraction of sp³-hybridized carbons (Fsp3) is 0.286. The lowest BCUT2D eigenvalue weighted by molar-refractivity contribution is 0.0487. The van der Waals surface area contributed by atoms with Crippen molar-refractivity contribution >= 4 is 17.3 Å². The van der Waals surface area contributed by atoms with Crippen LogP contribution in [0.5, 0.6) is 0 Å². The Kier molecular flexibility index (Phi) is 3.98. The molecule has 0 heterocycles. The van der Waals surface area contributed by atoms with Gasteiger partial charge in [0.1, 0.15) is 11.2 Å². The number of aliphatic hydroxyl groups is 2. The molecule has 0 aromatic heterocycles. The highest BCUT2D eigenvalue weighted by Gasteiger charge is 2.32. The standard InChI is InChI=1S/C21H20O5/c1-20(2,25)18(23)11-5-7-13-14-8-6-12(19(24)21(3,4)26)10-16(14)17(22)15(13)9-11/h5-10,25-26H,1-4H3. The molecule has 0 bridgehead atoms. The minimum Gasteiger partial charge on any atom is -0.382 e. The third-order valence-electron chi connectivity index (χ3n) is 4.45. The van der Waals surface area contributed by atoms with Gasteiger partial charge in [-0.1, -0.05) is 24.3 Å². The Morgan fingerprint density at radius 2 is 1.04 bits per heavy atom. The minimum absolute atomic E-state index is 0.255. The van der Waals surface area contributed by atoms with Crippen molar-refractivity contribution in [3.05, 3.63) is 58.7 Å². The predicted molar refractivity (Wildman–Crippen MR) is 96.6 cm³/mol. The van der Waals surface area contributed by atoms with Gasteiger partial charge in [-0.25, -0.2) is 0 Å². The van der Waals surface area contributed by atoms with Gasteiger partial charge >= 0.3 is 0 Å². The van der Waals surface area contributed by atoms with Crippen LogP contribution in [0.15, 0.2) is 36.4 Å². The fourth-order valence-corrected chi connectivity index (χ4v) is 3.07. The zero-order chi connectivity index (χ0) is 19.4. The van der Waals surface area contributed by atoms with E-state index < -0.39 is 22.8 Å². The second-order valence-corrected chi connectivity index (χ2v) is 7.63. The maximum absolute atomic E-state index is 12.8. The van der Waals surface area contributed by atoms with Crippen LogP contribution in [0.3, 0.4) is 0 Å². The Hall–Kier alpha value is -2.63. The van der Waals surface area contributed by atoms with Crippen LogP contribution in [0.4, 0.5) is 0 Å². The molecule has 0 radical (unpaired) electrons. The third kappa shape index (κ3) is 2.89. The minimum atomic E-state index is -1.53. The topological polar surface area (TPSA) is 91.7 Å². The number of carbonyl (C=O) groups excluding carboxylic acids is 3. The Balaban J connectivity index is 2.07. The molecule has 0 aliphatic heterocycles. The van der Waals surface area contributed by atoms with Crippen LogP contribution >= 0.6 is 0 Å². The molecular formula is C21H20O5. The van der Waals surface area contributed by atoms with E-state index in [4.69, 9.17) is 0 Å². The Labute approximate surface area is 151 Å². The molecule has 0 saturated heterocycles. The van der Waals surface area contributed by atoms with Gasteiger partial charge in [0.25, 0.3) is 0 Å². The molecule has 2 aromatic rings. The van der Waals surface area contributed by atoms with Gasteiger partial charge in [-0.2, -0.15) is 0 Å². The van der Waals surface area contributed by atoms with Crippen LogP contribution < -0.4 is 0 Å². The van der Waals surface area contributed by atoms with Crippen molar-refractivity contribution in [2.45, 2.75) is 38.9 Å². The van der Waals surface area contributed by atoms with Crippen molar-refractivity contribution in [2.24, 2.45) is 0 Å². The number of Topliss-reactive ketones (excluding diaryl/α,β-unsaturated/α-hetero) is 2. The van der Waals surface area contributed by atoms with Gasteiger partial charge in [-0.3, -0.25) is 14.4 Å². The average Bonchev–Trinajstić information content (AvgIpc) is 2.83. The first kappa shape index (κ1) is 18.2. The molecule has 5 nitrogen and oxygen atoms in total. The summed E-state index contributed by atoms with van der Waals surface area (Å²) in [6.45, 7) is 5.59. The highest BCUT2D eigenvalue weighted by molar-refractivity contribution is 6.23. The first-order chi connectivity index (χ1) is 11.9. The third-order valence-corrected chi connectivity index (χ3v) is 4.45. The van der Waals surface area contributed by atoms with Crippen LogP contribution in [0.2, 0.25) is 0 Å². The Morgan fingerprint density at radius 3 is 1.35 bits per heavy atom. The summed E-state index contributed by atoms with van der Waals surface area (Å²) >= 11 is 0. The highest BCUT2D eigenvalue weighted by Crippen LogP contribution is 2.38. The van der Waals surface area contributed by atoms with Crippen LogP contribution in [0, 0.1) is 0 Å². The van der Waals surface area contributed by atoms with Gasteiger partial charge in [0.15, 0.2) is 17.3 Å². The van der Waals surface area contributed by atoms with Crippen LogP contribution in [-0.4, -0.2) is 38.8 Å². The lowest BCUT2D eigenvalue weighted by Crippen LogP contribution is -2.31. The summed E-state index contributed by atoms with van der Waals surface area (Å²) in [6, 6.07) is 9.48. The molecule has 0 unspecified atom stereocenters. The second-order valence-electron chi connectivity index (χ2n) is 7.63. The van der Waals surface area contributed by atoms with Crippen LogP contribution in [0.25, 0.3) is 11.1 Å². The zero-order valence-corrected chi connectivity index (χ0v) is 15.1. The van der Waals surface area contributed by atoms with Crippen molar-refractivity contribution in [1.82, 2.24) is 0 Å². The normalized spacial score (nSPS) is 13.4. The molecule has 0 fully saturated rings. The largest absolute Gasteiger partial charge is 0.382 e. The lowest BCUT2D eigenvalue weighted by atomic mass is 9.93. The van der Waals surface area contributed by atoms with E-state index in [2.05, 4.69) is 0 Å². The van der Waals surface area contributed by atoms with Crippen molar-refractivity contribution < 1.29 is 24.6 Å². The molecule has 134 valence electrons. The van der Waals surface area contributed by atoms with Crippen LogP contribution in [0.1, 0.15) is 64.3 Å². The number of hydrogen-bond donors (Lipinski definition) is 2. The number of fused-ring (bicyclic) bond motifs is 3. The Morgan fingerprint density at radius 1 is 0.692 bits per heavy atom. The van der Waals surface area contributed by atoms with E-state index >= 15 is 0 Å². The summed E-state index contributed by atoms with van der Waals surface area (Å²) in [5.74, 6) is -1.23. The smallest absolute Gasteiger partial charge is 0.194 e. The van der Waals surface area contributed by atoms with Gasteiger partial charge in [-0.15, -0.1) is 0 Å². The van der Waals surface area contributed by atoms with E-state index in [-0.39, 0.29) is 16.9 Å².